The number of aromatic amines is 1. The van der Waals surface area contributed by atoms with Gasteiger partial charge in [-0.3, -0.25) is 19.7 Å². The summed E-state index contributed by atoms with van der Waals surface area (Å²) in [5.41, 5.74) is 9.64. The van der Waals surface area contributed by atoms with Gasteiger partial charge in [0.2, 0.25) is 5.91 Å². The average molecular weight is 509 g/mol. The number of amides is 2. The summed E-state index contributed by atoms with van der Waals surface area (Å²) in [6, 6.07) is 23.1. The molecule has 7 heteroatoms. The molecule has 4 N–H and O–H groups in total. The van der Waals surface area contributed by atoms with Crippen LogP contribution < -0.4 is 10.8 Å². The number of carbonyl (C=O) groups is 2. The normalized spacial score (nSPS) is 14.8. The van der Waals surface area contributed by atoms with Crippen LogP contribution in [0.1, 0.15) is 47.2 Å². The first-order chi connectivity index (χ1) is 18.5. The molecule has 0 saturated heterocycles. The predicted molar refractivity (Wildman–Crippen MR) is 150 cm³/mol. The lowest BCUT2D eigenvalue weighted by Gasteiger charge is -2.30. The van der Waals surface area contributed by atoms with Crippen LogP contribution in [-0.4, -0.2) is 33.5 Å². The van der Waals surface area contributed by atoms with Gasteiger partial charge in [0.05, 0.1) is 0 Å². The van der Waals surface area contributed by atoms with Crippen LogP contribution >= 0.6 is 0 Å². The average Bonchev–Trinajstić information content (AvgIpc) is 3.54. The number of hydrogen-bond acceptors (Lipinski definition) is 4. The summed E-state index contributed by atoms with van der Waals surface area (Å²) in [5.74, 6) is -0.622. The van der Waals surface area contributed by atoms with Crippen LogP contribution in [0.25, 0.3) is 17.0 Å². The molecule has 0 bridgehead atoms. The van der Waals surface area contributed by atoms with E-state index in [9.17, 15) is 9.59 Å². The number of hydrogen-bond donors (Lipinski definition) is 4. The third-order valence-electron chi connectivity index (χ3n) is 7.19. The van der Waals surface area contributed by atoms with Gasteiger partial charge in [0, 0.05) is 54.9 Å². The maximum Gasteiger partial charge on any atom is 0.267 e. The van der Waals surface area contributed by atoms with Gasteiger partial charge in [-0.05, 0) is 71.4 Å². The number of aryl methyl sites for hydroxylation is 1. The highest BCUT2D eigenvalue weighted by Gasteiger charge is 2.28. The molecule has 0 aliphatic heterocycles. The van der Waals surface area contributed by atoms with Crippen molar-refractivity contribution < 1.29 is 14.8 Å². The Bertz CT molecular complexity index is 1470. The molecular formula is C31H32N4O3. The SMILES string of the molecule is CC(=O)Nc1ccc(CN(CCc2c[nH]c3ccccc23)C2CCc3cc(/C=C/C(=O)NO)ccc32)cc1. The minimum absolute atomic E-state index is 0.0770. The first-order valence-electron chi connectivity index (χ1n) is 12.9. The van der Waals surface area contributed by atoms with Gasteiger partial charge >= 0.3 is 0 Å². The van der Waals surface area contributed by atoms with E-state index < -0.39 is 5.91 Å². The number of H-pyrrole nitrogens is 1. The largest absolute Gasteiger partial charge is 0.361 e. The lowest BCUT2D eigenvalue weighted by Crippen LogP contribution is -2.29. The number of carbonyl (C=O) groups excluding carboxylic acids is 2. The first-order valence-corrected chi connectivity index (χ1v) is 12.9. The fraction of sp³-hybridized carbons (Fsp3) is 0.226. The summed E-state index contributed by atoms with van der Waals surface area (Å²) >= 11 is 0. The van der Waals surface area contributed by atoms with E-state index in [2.05, 4.69) is 69.9 Å². The zero-order valence-electron chi connectivity index (χ0n) is 21.4. The van der Waals surface area contributed by atoms with Gasteiger partial charge in [-0.2, -0.15) is 0 Å². The van der Waals surface area contributed by atoms with Crippen molar-refractivity contribution in [1.29, 1.82) is 0 Å². The number of nitrogens with zero attached hydrogens (tertiary/aromatic N) is 1. The molecule has 1 aromatic heterocycles. The topological polar surface area (TPSA) is 97.5 Å². The molecule has 1 atom stereocenters. The Hall–Kier alpha value is -4.20. The van der Waals surface area contributed by atoms with Crippen molar-refractivity contribution >= 4 is 34.5 Å². The number of benzene rings is 3. The number of hydroxylamine groups is 1. The van der Waals surface area contributed by atoms with Crippen molar-refractivity contribution in [2.75, 3.05) is 11.9 Å². The molecule has 0 spiro atoms. The molecule has 1 heterocycles. The lowest BCUT2D eigenvalue weighted by molar-refractivity contribution is -0.124. The first kappa shape index (κ1) is 25.4. The Morgan fingerprint density at radius 1 is 1.11 bits per heavy atom. The van der Waals surface area contributed by atoms with Crippen molar-refractivity contribution in [3.8, 4) is 0 Å². The summed E-state index contributed by atoms with van der Waals surface area (Å²) in [5, 5.41) is 12.8. The number of aromatic nitrogens is 1. The van der Waals surface area contributed by atoms with Crippen molar-refractivity contribution in [2.45, 2.75) is 38.8 Å². The summed E-state index contributed by atoms with van der Waals surface area (Å²) < 4.78 is 0. The second-order valence-corrected chi connectivity index (χ2v) is 9.78. The van der Waals surface area contributed by atoms with Gasteiger partial charge in [-0.1, -0.05) is 48.5 Å². The highest BCUT2D eigenvalue weighted by Crippen LogP contribution is 2.37. The van der Waals surface area contributed by atoms with Gasteiger partial charge < -0.3 is 10.3 Å². The van der Waals surface area contributed by atoms with Crippen LogP contribution in [0.4, 0.5) is 5.69 Å². The summed E-state index contributed by atoms with van der Waals surface area (Å²) in [4.78, 5) is 28.7. The maximum atomic E-state index is 11.4. The molecule has 5 rings (SSSR count). The quantitative estimate of drug-likeness (QED) is 0.139. The van der Waals surface area contributed by atoms with Crippen molar-refractivity contribution in [3.63, 3.8) is 0 Å². The molecule has 0 radical (unpaired) electrons. The zero-order valence-corrected chi connectivity index (χ0v) is 21.4. The number of fused-ring (bicyclic) bond motifs is 2. The molecule has 0 fully saturated rings. The molecule has 38 heavy (non-hydrogen) atoms. The predicted octanol–water partition coefficient (Wildman–Crippen LogP) is 5.38. The number of rotatable bonds is 9. The number of anilines is 1. The molecule has 1 aliphatic carbocycles. The molecule has 4 aromatic rings. The Labute approximate surface area is 222 Å². The van der Waals surface area contributed by atoms with Crippen LogP contribution in [0.15, 0.2) is 79.0 Å². The van der Waals surface area contributed by atoms with Gasteiger partial charge in [0.15, 0.2) is 0 Å². The molecule has 3 aromatic carbocycles. The molecule has 7 nitrogen and oxygen atoms in total. The van der Waals surface area contributed by atoms with E-state index in [1.165, 1.54) is 40.6 Å². The molecule has 0 saturated carbocycles. The van der Waals surface area contributed by atoms with Crippen LogP contribution in [-0.2, 0) is 29.0 Å². The van der Waals surface area contributed by atoms with Crippen LogP contribution in [0.2, 0.25) is 0 Å². The van der Waals surface area contributed by atoms with Gasteiger partial charge in [0.25, 0.3) is 5.91 Å². The summed E-state index contributed by atoms with van der Waals surface area (Å²) in [7, 11) is 0. The van der Waals surface area contributed by atoms with Crippen LogP contribution in [0.3, 0.4) is 0 Å². The molecule has 194 valence electrons. The van der Waals surface area contributed by atoms with E-state index in [1.54, 1.807) is 11.6 Å². The Kier molecular flexibility index (Phi) is 7.67. The monoisotopic (exact) mass is 508 g/mol. The van der Waals surface area contributed by atoms with Crippen molar-refractivity contribution in [3.05, 3.63) is 107 Å². The van der Waals surface area contributed by atoms with Crippen molar-refractivity contribution in [1.82, 2.24) is 15.4 Å². The van der Waals surface area contributed by atoms with E-state index >= 15 is 0 Å². The molecular weight excluding hydrogens is 476 g/mol. The highest BCUT2D eigenvalue weighted by molar-refractivity contribution is 5.91. The van der Waals surface area contributed by atoms with Gasteiger partial charge in [-0.15, -0.1) is 0 Å². The maximum absolute atomic E-state index is 11.4. The second-order valence-electron chi connectivity index (χ2n) is 9.78. The van der Waals surface area contributed by atoms with Crippen molar-refractivity contribution in [2.24, 2.45) is 0 Å². The van der Waals surface area contributed by atoms with E-state index in [4.69, 9.17) is 5.21 Å². The fourth-order valence-electron chi connectivity index (χ4n) is 5.39. The number of para-hydroxylation sites is 1. The minimum atomic E-state index is -0.545. The second kappa shape index (κ2) is 11.5. The molecule has 2 amide bonds. The Balaban J connectivity index is 1.38. The van der Waals surface area contributed by atoms with Gasteiger partial charge in [0.1, 0.15) is 0 Å². The summed E-state index contributed by atoms with van der Waals surface area (Å²) in [6.45, 7) is 3.21. The smallest absolute Gasteiger partial charge is 0.267 e. The molecule has 1 unspecified atom stereocenters. The number of nitrogens with one attached hydrogen (secondary N) is 3. The zero-order chi connectivity index (χ0) is 26.5. The Morgan fingerprint density at radius 2 is 1.92 bits per heavy atom. The van der Waals surface area contributed by atoms with E-state index in [0.29, 0.717) is 0 Å². The lowest BCUT2D eigenvalue weighted by atomic mass is 10.0. The highest BCUT2D eigenvalue weighted by atomic mass is 16.5. The fourth-order valence-corrected chi connectivity index (χ4v) is 5.39. The van der Waals surface area contributed by atoms with E-state index in [-0.39, 0.29) is 11.9 Å². The standard InChI is InChI=1S/C31H32N4O3/c1-21(36)33-26-11-6-23(7-12-26)20-35(17-16-25-19-32-29-5-3-2-4-27(25)29)30-14-10-24-18-22(8-13-28(24)30)9-15-31(37)34-38/h2-9,11-13,15,18-19,30,32,38H,10,14,16-17,20H2,1H3,(H,33,36)(H,34,37)/b15-9+. The van der Waals surface area contributed by atoms with E-state index in [1.807, 2.05) is 18.2 Å². The minimum Gasteiger partial charge on any atom is -0.361 e. The van der Waals surface area contributed by atoms with E-state index in [0.717, 1.165) is 49.1 Å². The van der Waals surface area contributed by atoms with Gasteiger partial charge in [-0.25, -0.2) is 5.48 Å². The Morgan fingerprint density at radius 3 is 2.71 bits per heavy atom. The third-order valence-corrected chi connectivity index (χ3v) is 7.19. The third kappa shape index (κ3) is 5.85. The summed E-state index contributed by atoms with van der Waals surface area (Å²) in [6.07, 6.45) is 8.08. The van der Waals surface area contributed by atoms with Crippen LogP contribution in [0.5, 0.6) is 0 Å². The molecule has 1 aliphatic rings. The van der Waals surface area contributed by atoms with Crippen LogP contribution in [0, 0.1) is 0 Å².